The van der Waals surface area contributed by atoms with Gasteiger partial charge in [0.2, 0.25) is 0 Å². The van der Waals surface area contributed by atoms with Crippen molar-refractivity contribution in [3.05, 3.63) is 264 Å². The van der Waals surface area contributed by atoms with Crippen molar-refractivity contribution in [2.24, 2.45) is 5.73 Å². The van der Waals surface area contributed by atoms with Gasteiger partial charge in [-0.25, -0.2) is 43.5 Å². The molecule has 14 aromatic heterocycles. The largest absolute Gasteiger partial charge is 1.00 e. The second-order valence-electron chi connectivity index (χ2n) is 26.7. The number of amides is 5. The summed E-state index contributed by atoms with van der Waals surface area (Å²) in [5, 5.41) is 39.8. The number of H-pyrrole nitrogens is 4. The Morgan fingerprint density at radius 3 is 1.74 bits per heavy atom. The first-order chi connectivity index (χ1) is 56.1. The number of nitrogens with one attached hydrogen (secondary N) is 5. The molecule has 5 aliphatic rings. The fourth-order valence-electron chi connectivity index (χ4n) is 13.5. The van der Waals surface area contributed by atoms with Crippen LogP contribution >= 0.6 is 0 Å². The number of ether oxygens (including phenoxy) is 4. The zero-order valence-corrected chi connectivity index (χ0v) is 63.5. The molecule has 15 aromatic rings. The molecule has 0 saturated carbocycles. The van der Waals surface area contributed by atoms with Crippen LogP contribution in [-0.4, -0.2) is 188 Å². The zero-order chi connectivity index (χ0) is 79.9. The Morgan fingerprint density at radius 1 is 0.581 bits per heavy atom. The summed E-state index contributed by atoms with van der Waals surface area (Å²) >= 11 is 0. The fourth-order valence-corrected chi connectivity index (χ4v) is 13.5. The van der Waals surface area contributed by atoms with Gasteiger partial charge in [0.1, 0.15) is 52.4 Å². The molecule has 20 rings (SSSR count). The number of aliphatic hydroxyl groups is 2. The predicted octanol–water partition coefficient (Wildman–Crippen LogP) is 2.59. The number of fused-ring (bicyclic) bond motifs is 12. The van der Waals surface area contributed by atoms with Gasteiger partial charge in [-0.15, -0.1) is 12.1 Å². The molecule has 0 spiro atoms. The average molecular weight is 1570 g/mol. The van der Waals surface area contributed by atoms with Gasteiger partial charge in [0, 0.05) is 126 Å². The number of aromatic nitrogens is 14. The van der Waals surface area contributed by atoms with Crippen molar-refractivity contribution in [3.8, 4) is 0 Å². The molecule has 117 heavy (non-hydrogen) atoms. The molecular weight excluding hydrogens is 1490 g/mol. The number of carboxylic acid groups (broad SMARTS) is 1. The molecule has 0 aliphatic carbocycles. The van der Waals surface area contributed by atoms with Crippen molar-refractivity contribution in [1.29, 1.82) is 0 Å². The molecular formula is C82H76Li2N18O15. The number of hydrogen-bond acceptors (Lipinski definition) is 23. The van der Waals surface area contributed by atoms with E-state index in [9.17, 15) is 53.7 Å². The van der Waals surface area contributed by atoms with Gasteiger partial charge in [-0.1, -0.05) is 29.8 Å². The number of nitrogens with zero attached hydrogens (tertiary/aromatic N) is 12. The summed E-state index contributed by atoms with van der Waals surface area (Å²) in [4.78, 5) is 134. The maximum atomic E-state index is 12.3. The number of aliphatic hydroxyl groups excluding tert-OH is 2. The summed E-state index contributed by atoms with van der Waals surface area (Å²) in [6.45, 7) is 1.99. The van der Waals surface area contributed by atoms with Crippen LogP contribution in [0.2, 0.25) is 0 Å². The van der Waals surface area contributed by atoms with E-state index in [4.69, 9.17) is 24.7 Å². The molecule has 2 fully saturated rings. The Bertz CT molecular complexity index is 5900. The summed E-state index contributed by atoms with van der Waals surface area (Å²) in [7, 11) is 0. The Balaban J connectivity index is 0.000000128. The molecule has 5 amide bonds. The van der Waals surface area contributed by atoms with Crippen molar-refractivity contribution in [3.63, 3.8) is 0 Å². The summed E-state index contributed by atoms with van der Waals surface area (Å²) in [6, 6.07) is 45.2. The Morgan fingerprint density at radius 2 is 1.13 bits per heavy atom. The van der Waals surface area contributed by atoms with Crippen molar-refractivity contribution in [1.82, 2.24) is 83.5 Å². The molecule has 0 radical (unpaired) electrons. The third-order valence-corrected chi connectivity index (χ3v) is 19.1. The number of hydrogen-bond donors (Lipinski definition) is 8. The van der Waals surface area contributed by atoms with Gasteiger partial charge in [0.15, 0.2) is 12.6 Å². The smallest absolute Gasteiger partial charge is 0.587 e. The van der Waals surface area contributed by atoms with Gasteiger partial charge in [-0.05, 0) is 160 Å². The number of pyridine rings is 7. The Kier molecular flexibility index (Phi) is 28.2. The van der Waals surface area contributed by atoms with Crippen molar-refractivity contribution < 1.29 is 106 Å². The fraction of sp³-hybridized carbons (Fsp3) is 0.232. The topological polar surface area (TPSA) is 449 Å². The first-order valence-electron chi connectivity index (χ1n) is 36.9. The number of imide groups is 2. The van der Waals surface area contributed by atoms with Crippen LogP contribution in [0.4, 0.5) is 9.59 Å². The number of benzene rings is 1. The van der Waals surface area contributed by atoms with Crippen molar-refractivity contribution >= 4 is 114 Å². The zero-order valence-electron chi connectivity index (χ0n) is 63.5. The quantitative estimate of drug-likeness (QED) is 0.0356. The van der Waals surface area contributed by atoms with Gasteiger partial charge in [0.05, 0.1) is 65.8 Å². The van der Waals surface area contributed by atoms with Crippen molar-refractivity contribution in [2.45, 2.75) is 81.9 Å². The number of aromatic amines is 4. The number of β-amino-alcohol motifs (C(OH)–C–C–N with tert-alkyl or cyclic N) is 1. The normalized spacial score (nSPS) is 16.6. The van der Waals surface area contributed by atoms with Crippen LogP contribution in [0.25, 0.3) is 71.7 Å². The van der Waals surface area contributed by atoms with Crippen molar-refractivity contribution in [2.75, 3.05) is 39.4 Å². The van der Waals surface area contributed by atoms with Crippen LogP contribution in [0.3, 0.4) is 0 Å². The average Bonchev–Trinajstić information content (AvgIpc) is 1.63. The van der Waals surface area contributed by atoms with E-state index in [2.05, 4.69) is 66.3 Å². The van der Waals surface area contributed by atoms with Crippen LogP contribution < -0.4 is 59.6 Å². The molecule has 5 aliphatic heterocycles. The van der Waals surface area contributed by atoms with Gasteiger partial charge >= 0.3 is 49.4 Å². The van der Waals surface area contributed by atoms with Gasteiger partial charge in [-0.2, -0.15) is 0 Å². The van der Waals surface area contributed by atoms with Crippen LogP contribution in [0.5, 0.6) is 0 Å². The van der Waals surface area contributed by atoms with Crippen LogP contribution in [0.1, 0.15) is 122 Å². The van der Waals surface area contributed by atoms with Crippen LogP contribution in [0.15, 0.2) is 212 Å². The van der Waals surface area contributed by atoms with E-state index in [0.717, 1.165) is 127 Å². The molecule has 2 saturated heterocycles. The molecule has 0 bridgehead atoms. The van der Waals surface area contributed by atoms with E-state index in [-0.39, 0.29) is 110 Å². The molecule has 19 heterocycles. The molecule has 9 N–H and O–H groups in total. The number of rotatable bonds is 13. The van der Waals surface area contributed by atoms with Gasteiger partial charge in [-0.3, -0.25) is 38.9 Å². The van der Waals surface area contributed by atoms with E-state index in [1.54, 1.807) is 107 Å². The first kappa shape index (κ1) is 83.9. The Labute approximate surface area is 689 Å². The summed E-state index contributed by atoms with van der Waals surface area (Å²) in [6.07, 6.45) is 20.9. The number of carbonyl (C=O) groups is 7. The third kappa shape index (κ3) is 19.4. The summed E-state index contributed by atoms with van der Waals surface area (Å²) < 4.78 is 27.2. The van der Waals surface area contributed by atoms with Crippen LogP contribution in [0, 0.1) is 6.20 Å². The van der Waals surface area contributed by atoms with E-state index in [0.29, 0.717) is 65.2 Å². The van der Waals surface area contributed by atoms with Gasteiger partial charge < -0.3 is 79.4 Å². The molecule has 586 valence electrons. The minimum Gasteiger partial charge on any atom is -0.587 e. The predicted molar refractivity (Wildman–Crippen MR) is 416 cm³/mol. The Hall–Kier alpha value is -12.5. The summed E-state index contributed by atoms with van der Waals surface area (Å²) in [5.41, 5.74) is 13.9. The maximum absolute atomic E-state index is 12.3. The van der Waals surface area contributed by atoms with Gasteiger partial charge in [0.25, 0.3) is 23.6 Å². The second-order valence-corrected chi connectivity index (χ2v) is 26.7. The standard InChI is InChI=1S/C17H13N3O3.C16H23N3O3.C15H17N3O3.C10H7N3O.C9H6N2O3.C8H5N2O2.C7H6N2.2Li/c21-14(13-8-10-4-3-7-18-15(10)19-13)9-20-16(22)11-5-1-2-6-12(11)17(20)23;17-10-12(22-15-5-1-2-7-21-15)9-14(20)13-8-11-4-3-6-18-16(11)19-13;19-15-17-9-12(21-13-5-1-2-7-20-13)11-8-10-4-3-6-16-14(10)18(11)15;14-10-12-5-3-8-6-7-2-1-4-11-9(7)13(8)10;12-5-4-11-8(13)6-2-1-3-10-7(6)9(11)14;11-8(12)10-5-3-6-2-1-4-9-7(6)10;1-2-6-3-5-9-7(6)8-4-1;;/h1-8,14,21H,9H2,(H,18,19);3-4,6,8,12,14-15,20H,1-2,5,7,9-10,17H2,(H,18,19);3-4,6,8,12-13H,1-2,5,7,9H2,(H,17,19);1-6H,(H,12,14);1-3,5H,4H2;1-4H,(H,11,12);1-5H,(H,8,9);;/q;;;;;-1;;2*+1/p-1. The third-order valence-electron chi connectivity index (χ3n) is 19.1. The summed E-state index contributed by atoms with van der Waals surface area (Å²) in [5.74, 6) is -1.71. The van der Waals surface area contributed by atoms with E-state index < -0.39 is 30.1 Å². The number of aldehydes is 1. The first-order valence-corrected chi connectivity index (χ1v) is 36.9. The minimum absolute atomic E-state index is 0. The van der Waals surface area contributed by atoms with Crippen LogP contribution in [-0.2, 0) is 23.7 Å². The monoisotopic (exact) mass is 1570 g/mol. The number of carbonyl (C=O) groups excluding carboxylic acids is 7. The minimum atomic E-state index is -1.32. The maximum Gasteiger partial charge on any atom is 1.00 e. The SMILES string of the molecule is NCC(CC(O)c1cc2cccnc2[nH]1)OC1CCCCO1.O=C([O-])n1[c-]cc2cccnc21.O=C1NCC(OC2CCCCO2)c2cc3cccnc3n21.O=C1c2ccccc2C(=O)N1CC(O)c1cc2cccnc2[nH]1.O=CCN1C(=O)c2cccnc2C1=O.O=c1[nH]ccc2cc3cccnc3n12.[Li+].[Li+].c1cnc2[nH]ccc2c1. The molecule has 1 aromatic carbocycles. The molecule has 6 atom stereocenters. The van der Waals surface area contributed by atoms with E-state index >= 15 is 0 Å². The molecule has 6 unspecified atom stereocenters. The van der Waals surface area contributed by atoms with E-state index in [1.807, 2.05) is 91.1 Å². The van der Waals surface area contributed by atoms with E-state index in [1.165, 1.54) is 18.5 Å². The number of nitrogens with two attached hydrogens (primary N) is 1. The second kappa shape index (κ2) is 39.2. The molecule has 35 heteroatoms. The molecule has 33 nitrogen and oxygen atoms in total.